The Bertz CT molecular complexity index is 1770. The number of aryl methyl sites for hydroxylation is 3. The monoisotopic (exact) mass is 530 g/mol. The molecule has 4 atom stereocenters. The Labute approximate surface area is 245 Å². The normalized spacial score (nSPS) is 24.2. The molecule has 0 aliphatic heterocycles. The molecule has 0 radical (unpaired) electrons. The average molecular weight is 531 g/mol. The van der Waals surface area contributed by atoms with Gasteiger partial charge in [0.2, 0.25) is 0 Å². The molecule has 0 N–H and O–H groups in total. The van der Waals surface area contributed by atoms with Gasteiger partial charge in [0, 0.05) is 11.8 Å². The lowest BCUT2D eigenvalue weighted by atomic mass is 9.61. The Balaban J connectivity index is 1.39. The summed E-state index contributed by atoms with van der Waals surface area (Å²) in [6.07, 6.45) is 17.8. The third-order valence-electron chi connectivity index (χ3n) is 9.70. The maximum Gasteiger partial charge on any atom is 0.0522 e. The topological polar surface area (TPSA) is 0 Å². The molecule has 0 heterocycles. The first-order chi connectivity index (χ1) is 20.0. The molecule has 41 heavy (non-hydrogen) atoms. The third-order valence-corrected chi connectivity index (χ3v) is 9.70. The van der Waals surface area contributed by atoms with Crippen molar-refractivity contribution in [2.45, 2.75) is 45.4 Å². The summed E-state index contributed by atoms with van der Waals surface area (Å²) in [5, 5.41) is 0. The summed E-state index contributed by atoms with van der Waals surface area (Å²) in [4.78, 5) is 0. The maximum absolute atomic E-state index is 2.52. The second-order valence-corrected chi connectivity index (χ2v) is 12.4. The number of benzene rings is 4. The molecule has 0 saturated heterocycles. The van der Waals surface area contributed by atoms with Crippen molar-refractivity contribution in [3.05, 3.63) is 166 Å². The molecule has 0 fully saturated rings. The van der Waals surface area contributed by atoms with Gasteiger partial charge in [0.05, 0.1) is 5.41 Å². The van der Waals surface area contributed by atoms with Gasteiger partial charge in [-0.15, -0.1) is 0 Å². The van der Waals surface area contributed by atoms with Crippen LogP contribution in [0.2, 0.25) is 0 Å². The van der Waals surface area contributed by atoms with E-state index < -0.39 is 0 Å². The zero-order chi connectivity index (χ0) is 28.1. The number of hydrogen-bond acceptors (Lipinski definition) is 0. The van der Waals surface area contributed by atoms with Gasteiger partial charge in [-0.25, -0.2) is 0 Å². The number of hydrogen-bond donors (Lipinski definition) is 0. The molecule has 0 amide bonds. The zero-order valence-corrected chi connectivity index (χ0v) is 24.6. The lowest BCUT2D eigenvalue weighted by Crippen LogP contribution is -2.36. The quantitative estimate of drug-likeness (QED) is 0.246. The third kappa shape index (κ3) is 4.12. The fourth-order valence-corrected chi connectivity index (χ4v) is 7.73. The molecule has 3 aliphatic rings. The Morgan fingerprint density at radius 1 is 0.683 bits per heavy atom. The van der Waals surface area contributed by atoms with Gasteiger partial charge in [0.15, 0.2) is 0 Å². The minimum atomic E-state index is -0.219. The van der Waals surface area contributed by atoms with Gasteiger partial charge in [-0.3, -0.25) is 0 Å². The molecule has 0 aromatic heterocycles. The van der Waals surface area contributed by atoms with Crippen LogP contribution in [0.25, 0.3) is 22.3 Å². The van der Waals surface area contributed by atoms with Crippen LogP contribution in [0.3, 0.4) is 0 Å². The summed E-state index contributed by atoms with van der Waals surface area (Å²) in [5.41, 5.74) is 14.7. The molecule has 4 unspecified atom stereocenters. The fourth-order valence-electron chi connectivity index (χ4n) is 7.73. The first-order valence-corrected chi connectivity index (χ1v) is 15.1. The van der Waals surface area contributed by atoms with Crippen LogP contribution in [0.4, 0.5) is 0 Å². The van der Waals surface area contributed by atoms with Crippen molar-refractivity contribution in [3.8, 4) is 22.3 Å². The molecule has 7 rings (SSSR count). The van der Waals surface area contributed by atoms with Crippen molar-refractivity contribution < 1.29 is 0 Å². The summed E-state index contributed by atoms with van der Waals surface area (Å²) in [6, 6.07) is 32.3. The van der Waals surface area contributed by atoms with Gasteiger partial charge in [-0.05, 0) is 94.8 Å². The number of rotatable bonds is 4. The van der Waals surface area contributed by atoms with Crippen LogP contribution in [-0.4, -0.2) is 0 Å². The van der Waals surface area contributed by atoms with Gasteiger partial charge in [0.1, 0.15) is 0 Å². The SMILES string of the molecule is Cc1ccc(-c2ccc(-c3cccc(C4(C5=CCC(C)C=C5)c5ccccc5C5C=CC=CC54)c3)cc2C)c(C)c1. The standard InChI is InChI=1S/C41H38/c1-27-16-20-33(21-17-27)41(39-14-7-5-12-37(39)38-13-6-8-15-40(38)41)34-11-9-10-31(26-34)32-19-23-36(30(4)25-32)35-22-18-28(2)24-29(35)3/h5-16,18-27,37,39H,17H2,1-4H3. The second kappa shape index (κ2) is 10.0. The van der Waals surface area contributed by atoms with Crippen molar-refractivity contribution in [3.63, 3.8) is 0 Å². The van der Waals surface area contributed by atoms with Gasteiger partial charge in [-0.1, -0.05) is 134 Å². The molecule has 4 aromatic carbocycles. The van der Waals surface area contributed by atoms with Crippen LogP contribution in [0.1, 0.15) is 52.6 Å². The number of allylic oxidation sites excluding steroid dienone is 8. The zero-order valence-electron chi connectivity index (χ0n) is 24.6. The molecule has 0 bridgehead atoms. The van der Waals surface area contributed by atoms with Crippen LogP contribution in [-0.2, 0) is 5.41 Å². The van der Waals surface area contributed by atoms with Crippen molar-refractivity contribution in [1.29, 1.82) is 0 Å². The molecule has 0 spiro atoms. The lowest BCUT2D eigenvalue weighted by molar-refractivity contribution is 0.451. The van der Waals surface area contributed by atoms with E-state index in [-0.39, 0.29) is 5.41 Å². The summed E-state index contributed by atoms with van der Waals surface area (Å²) < 4.78 is 0. The van der Waals surface area contributed by atoms with E-state index in [1.807, 2.05) is 0 Å². The Morgan fingerprint density at radius 3 is 2.22 bits per heavy atom. The average Bonchev–Trinajstić information content (AvgIpc) is 3.29. The molecular weight excluding hydrogens is 492 g/mol. The van der Waals surface area contributed by atoms with Crippen molar-refractivity contribution in [1.82, 2.24) is 0 Å². The second-order valence-electron chi connectivity index (χ2n) is 12.4. The molecular formula is C41H38. The van der Waals surface area contributed by atoms with E-state index in [1.54, 1.807) is 0 Å². The van der Waals surface area contributed by atoms with E-state index in [2.05, 4.69) is 155 Å². The van der Waals surface area contributed by atoms with Crippen LogP contribution in [0.15, 0.2) is 133 Å². The Hall–Kier alpha value is -4.16. The highest BCUT2D eigenvalue weighted by molar-refractivity contribution is 5.76. The van der Waals surface area contributed by atoms with Crippen molar-refractivity contribution in [2.24, 2.45) is 11.8 Å². The van der Waals surface area contributed by atoms with Gasteiger partial charge in [0.25, 0.3) is 0 Å². The minimum Gasteiger partial charge on any atom is -0.0811 e. The smallest absolute Gasteiger partial charge is 0.0522 e. The predicted molar refractivity (Wildman–Crippen MR) is 174 cm³/mol. The summed E-state index contributed by atoms with van der Waals surface area (Å²) in [5.74, 6) is 1.31. The van der Waals surface area contributed by atoms with Gasteiger partial charge < -0.3 is 0 Å². The highest BCUT2D eigenvalue weighted by Gasteiger charge is 2.53. The number of fused-ring (bicyclic) bond motifs is 3. The van der Waals surface area contributed by atoms with E-state index >= 15 is 0 Å². The first-order valence-electron chi connectivity index (χ1n) is 15.1. The molecule has 202 valence electrons. The maximum atomic E-state index is 2.52. The minimum absolute atomic E-state index is 0.219. The largest absolute Gasteiger partial charge is 0.0811 e. The van der Waals surface area contributed by atoms with Crippen molar-refractivity contribution >= 4 is 0 Å². The highest BCUT2D eigenvalue weighted by atomic mass is 14.5. The van der Waals surface area contributed by atoms with E-state index in [9.17, 15) is 0 Å². The summed E-state index contributed by atoms with van der Waals surface area (Å²) >= 11 is 0. The first kappa shape index (κ1) is 25.8. The molecule has 3 aliphatic carbocycles. The fraction of sp³-hybridized carbons (Fsp3) is 0.220. The van der Waals surface area contributed by atoms with Crippen molar-refractivity contribution in [2.75, 3.05) is 0 Å². The summed E-state index contributed by atoms with van der Waals surface area (Å²) in [6.45, 7) is 8.95. The molecule has 4 aromatic rings. The van der Waals surface area contributed by atoms with Gasteiger partial charge >= 0.3 is 0 Å². The molecule has 0 saturated carbocycles. The highest BCUT2D eigenvalue weighted by Crippen LogP contribution is 2.60. The van der Waals surface area contributed by atoms with Gasteiger partial charge in [-0.2, -0.15) is 0 Å². The Kier molecular flexibility index (Phi) is 6.31. The Morgan fingerprint density at radius 2 is 1.44 bits per heavy atom. The van der Waals surface area contributed by atoms with E-state index in [0.29, 0.717) is 17.8 Å². The van der Waals surface area contributed by atoms with E-state index in [1.165, 1.54) is 61.2 Å². The van der Waals surface area contributed by atoms with E-state index in [4.69, 9.17) is 0 Å². The molecule has 0 nitrogen and oxygen atoms in total. The van der Waals surface area contributed by atoms with Crippen LogP contribution in [0.5, 0.6) is 0 Å². The molecule has 0 heteroatoms. The van der Waals surface area contributed by atoms with Crippen LogP contribution < -0.4 is 0 Å². The summed E-state index contributed by atoms with van der Waals surface area (Å²) in [7, 11) is 0. The van der Waals surface area contributed by atoms with Crippen LogP contribution in [0, 0.1) is 32.6 Å². The lowest BCUT2D eigenvalue weighted by Gasteiger charge is -2.40. The van der Waals surface area contributed by atoms with Crippen LogP contribution >= 0.6 is 0 Å². The predicted octanol–water partition coefficient (Wildman–Crippen LogP) is 10.6. The van der Waals surface area contributed by atoms with E-state index in [0.717, 1.165) is 6.42 Å².